The molecule has 9 heteroatoms. The Hall–Kier alpha value is -1.38. The summed E-state index contributed by atoms with van der Waals surface area (Å²) in [6.45, 7) is 0. The Labute approximate surface area is 108 Å². The molecule has 0 fully saturated rings. The largest absolute Gasteiger partial charge is 0.402 e. The van der Waals surface area contributed by atoms with Gasteiger partial charge in [-0.05, 0) is 30.2 Å². The molecule has 0 aliphatic carbocycles. The van der Waals surface area contributed by atoms with Crippen LogP contribution in [0.1, 0.15) is 5.56 Å². The summed E-state index contributed by atoms with van der Waals surface area (Å²) < 4.78 is 100. The summed E-state index contributed by atoms with van der Waals surface area (Å²) in [5.41, 5.74) is 4.27. The number of rotatable bonds is 3. The second-order valence-electron chi connectivity index (χ2n) is 4.16. The Morgan fingerprint density at radius 1 is 0.950 bits per heavy atom. The highest BCUT2D eigenvalue weighted by Crippen LogP contribution is 2.41. The van der Waals surface area contributed by atoms with Gasteiger partial charge in [-0.2, -0.15) is 26.3 Å². The zero-order chi connectivity index (χ0) is 15.7. The molecule has 114 valence electrons. The van der Waals surface area contributed by atoms with E-state index in [1.807, 2.05) is 0 Å². The third-order valence-electron chi connectivity index (χ3n) is 2.60. The molecular formula is C11H9F8N. The van der Waals surface area contributed by atoms with E-state index in [-0.39, 0.29) is 0 Å². The average Bonchev–Trinajstić information content (AvgIpc) is 2.18. The van der Waals surface area contributed by atoms with E-state index in [0.717, 1.165) is 0 Å². The Morgan fingerprint density at radius 2 is 1.45 bits per heavy atom. The van der Waals surface area contributed by atoms with Crippen LogP contribution in [0.4, 0.5) is 35.1 Å². The number of hydrogen-bond acceptors (Lipinski definition) is 1. The van der Waals surface area contributed by atoms with Gasteiger partial charge in [-0.3, -0.25) is 0 Å². The quantitative estimate of drug-likeness (QED) is 0.849. The molecule has 1 unspecified atom stereocenters. The van der Waals surface area contributed by atoms with Crippen molar-refractivity contribution in [3.8, 4) is 0 Å². The van der Waals surface area contributed by atoms with Gasteiger partial charge in [0.25, 0.3) is 0 Å². The van der Waals surface area contributed by atoms with E-state index in [9.17, 15) is 35.1 Å². The fourth-order valence-electron chi connectivity index (χ4n) is 1.74. The summed E-state index contributed by atoms with van der Waals surface area (Å²) in [5, 5.41) is 0. The SMILES string of the molecule is NC(Cc1cc(F)ccc1F)C(C(F)(F)F)C(F)(F)F. The predicted octanol–water partition coefficient (Wildman–Crippen LogP) is 3.58. The van der Waals surface area contributed by atoms with E-state index >= 15 is 0 Å². The number of hydrogen-bond donors (Lipinski definition) is 1. The Morgan fingerprint density at radius 3 is 1.90 bits per heavy atom. The molecule has 1 rings (SSSR count). The van der Waals surface area contributed by atoms with Crippen LogP contribution < -0.4 is 5.73 Å². The predicted molar refractivity (Wildman–Crippen MR) is 53.6 cm³/mol. The molecule has 0 bridgehead atoms. The number of benzene rings is 1. The summed E-state index contributed by atoms with van der Waals surface area (Å²) >= 11 is 0. The van der Waals surface area contributed by atoms with Gasteiger partial charge >= 0.3 is 12.4 Å². The highest BCUT2D eigenvalue weighted by Gasteiger charge is 2.59. The molecule has 1 aromatic rings. The minimum atomic E-state index is -5.62. The fourth-order valence-corrected chi connectivity index (χ4v) is 1.74. The smallest absolute Gasteiger partial charge is 0.327 e. The lowest BCUT2D eigenvalue weighted by Gasteiger charge is -2.28. The van der Waals surface area contributed by atoms with E-state index in [1.165, 1.54) is 0 Å². The zero-order valence-corrected chi connectivity index (χ0v) is 9.69. The van der Waals surface area contributed by atoms with E-state index in [1.54, 1.807) is 0 Å². The minimum absolute atomic E-state index is 0.513. The van der Waals surface area contributed by atoms with Crippen molar-refractivity contribution >= 4 is 0 Å². The first-order valence-electron chi connectivity index (χ1n) is 5.26. The van der Waals surface area contributed by atoms with E-state index in [0.29, 0.717) is 18.2 Å². The van der Waals surface area contributed by atoms with Crippen molar-refractivity contribution in [3.63, 3.8) is 0 Å². The minimum Gasteiger partial charge on any atom is -0.327 e. The summed E-state index contributed by atoms with van der Waals surface area (Å²) in [6, 6.07) is -0.659. The van der Waals surface area contributed by atoms with Crippen LogP contribution in [0, 0.1) is 17.6 Å². The van der Waals surface area contributed by atoms with Crippen LogP contribution in [-0.2, 0) is 6.42 Å². The van der Waals surface area contributed by atoms with Crippen molar-refractivity contribution in [1.82, 2.24) is 0 Å². The van der Waals surface area contributed by atoms with Crippen molar-refractivity contribution in [3.05, 3.63) is 35.4 Å². The summed E-state index contributed by atoms with van der Waals surface area (Å²) in [5.74, 6) is -5.91. The summed E-state index contributed by atoms with van der Waals surface area (Å²) in [6.07, 6.45) is -12.3. The molecular weight excluding hydrogens is 298 g/mol. The lowest BCUT2D eigenvalue weighted by Crippen LogP contribution is -2.49. The van der Waals surface area contributed by atoms with Gasteiger partial charge < -0.3 is 5.73 Å². The van der Waals surface area contributed by atoms with Crippen LogP contribution >= 0.6 is 0 Å². The molecule has 0 radical (unpaired) electrons. The third kappa shape index (κ3) is 4.06. The number of halogens is 8. The fraction of sp³-hybridized carbons (Fsp3) is 0.455. The van der Waals surface area contributed by atoms with Crippen molar-refractivity contribution in [2.24, 2.45) is 11.7 Å². The van der Waals surface area contributed by atoms with Crippen LogP contribution in [0.3, 0.4) is 0 Å². The van der Waals surface area contributed by atoms with Gasteiger partial charge in [0, 0.05) is 6.04 Å². The molecule has 0 aliphatic rings. The van der Waals surface area contributed by atoms with Crippen molar-refractivity contribution < 1.29 is 35.1 Å². The Kier molecular flexibility index (Phi) is 4.62. The first kappa shape index (κ1) is 16.7. The summed E-state index contributed by atoms with van der Waals surface area (Å²) in [7, 11) is 0. The average molecular weight is 307 g/mol. The first-order valence-corrected chi connectivity index (χ1v) is 5.26. The van der Waals surface area contributed by atoms with Crippen LogP contribution in [0.15, 0.2) is 18.2 Å². The van der Waals surface area contributed by atoms with Gasteiger partial charge in [0.2, 0.25) is 0 Å². The molecule has 0 heterocycles. The zero-order valence-electron chi connectivity index (χ0n) is 9.69. The molecule has 0 amide bonds. The van der Waals surface area contributed by atoms with Crippen LogP contribution in [-0.4, -0.2) is 18.4 Å². The van der Waals surface area contributed by atoms with E-state index < -0.39 is 47.9 Å². The normalized spacial score (nSPS) is 14.7. The van der Waals surface area contributed by atoms with E-state index in [2.05, 4.69) is 0 Å². The number of nitrogens with two attached hydrogens (primary N) is 1. The Balaban J connectivity index is 3.03. The molecule has 0 saturated carbocycles. The summed E-state index contributed by atoms with van der Waals surface area (Å²) in [4.78, 5) is 0. The van der Waals surface area contributed by atoms with Gasteiger partial charge in [0.05, 0.1) is 0 Å². The molecule has 0 aliphatic heterocycles. The van der Waals surface area contributed by atoms with Gasteiger partial charge in [-0.15, -0.1) is 0 Å². The first-order chi connectivity index (χ1) is 8.93. The molecule has 2 N–H and O–H groups in total. The second-order valence-corrected chi connectivity index (χ2v) is 4.16. The lowest BCUT2D eigenvalue weighted by molar-refractivity contribution is -0.289. The maximum Gasteiger partial charge on any atom is 0.402 e. The highest BCUT2D eigenvalue weighted by atomic mass is 19.4. The maximum atomic E-state index is 13.2. The van der Waals surface area contributed by atoms with E-state index in [4.69, 9.17) is 5.73 Å². The van der Waals surface area contributed by atoms with Gasteiger partial charge in [0.1, 0.15) is 11.6 Å². The lowest BCUT2D eigenvalue weighted by atomic mass is 9.93. The molecule has 0 spiro atoms. The van der Waals surface area contributed by atoms with Gasteiger partial charge in [-0.25, -0.2) is 8.78 Å². The topological polar surface area (TPSA) is 26.0 Å². The van der Waals surface area contributed by atoms with Crippen LogP contribution in [0.2, 0.25) is 0 Å². The third-order valence-corrected chi connectivity index (χ3v) is 2.60. The highest BCUT2D eigenvalue weighted by molar-refractivity contribution is 5.20. The van der Waals surface area contributed by atoms with Gasteiger partial charge in [0.15, 0.2) is 5.92 Å². The molecule has 1 nitrogen and oxygen atoms in total. The Bertz CT molecular complexity index is 450. The molecule has 0 saturated heterocycles. The molecule has 1 atom stereocenters. The van der Waals surface area contributed by atoms with Crippen molar-refractivity contribution in [2.45, 2.75) is 24.8 Å². The second kappa shape index (κ2) is 5.55. The van der Waals surface area contributed by atoms with Gasteiger partial charge in [-0.1, -0.05) is 0 Å². The van der Waals surface area contributed by atoms with Crippen LogP contribution in [0.5, 0.6) is 0 Å². The van der Waals surface area contributed by atoms with Crippen molar-refractivity contribution in [2.75, 3.05) is 0 Å². The number of alkyl halides is 6. The molecule has 0 aromatic heterocycles. The monoisotopic (exact) mass is 307 g/mol. The molecule has 1 aromatic carbocycles. The standard InChI is InChI=1S/C11H9F8N/c12-6-1-2-7(13)5(3-6)4-8(20)9(10(14,15)16)11(17,18)19/h1-3,8-9H,4,20H2. The molecule has 20 heavy (non-hydrogen) atoms. The van der Waals surface area contributed by atoms with Crippen molar-refractivity contribution in [1.29, 1.82) is 0 Å². The maximum absolute atomic E-state index is 13.2. The van der Waals surface area contributed by atoms with Crippen LogP contribution in [0.25, 0.3) is 0 Å².